The summed E-state index contributed by atoms with van der Waals surface area (Å²) in [6.45, 7) is 3.25. The number of fused-ring (bicyclic) bond motifs is 1. The van der Waals surface area contributed by atoms with Crippen LogP contribution in [-0.2, 0) is 13.0 Å². The van der Waals surface area contributed by atoms with Gasteiger partial charge >= 0.3 is 6.03 Å². The van der Waals surface area contributed by atoms with Crippen molar-refractivity contribution in [1.82, 2.24) is 4.90 Å². The molecule has 0 saturated carbocycles. The second-order valence-electron chi connectivity index (χ2n) is 5.82. The van der Waals surface area contributed by atoms with Gasteiger partial charge < -0.3 is 16.4 Å². The maximum atomic E-state index is 13.6. The Balaban J connectivity index is 1.71. The molecule has 2 aromatic rings. The molecule has 0 saturated heterocycles. The van der Waals surface area contributed by atoms with Gasteiger partial charge in [0, 0.05) is 31.9 Å². The summed E-state index contributed by atoms with van der Waals surface area (Å²) < 4.78 is 13.6. The Morgan fingerprint density at radius 2 is 1.88 bits per heavy atom. The lowest BCUT2D eigenvalue weighted by atomic mass is 9.98. The summed E-state index contributed by atoms with van der Waals surface area (Å²) in [5.41, 5.74) is 8.88. The molecule has 24 heavy (non-hydrogen) atoms. The van der Waals surface area contributed by atoms with Gasteiger partial charge in [0.1, 0.15) is 5.82 Å². The van der Waals surface area contributed by atoms with Crippen LogP contribution in [0.2, 0.25) is 0 Å². The second kappa shape index (κ2) is 7.42. The number of carbonyl (C=O) groups is 1. The summed E-state index contributed by atoms with van der Waals surface area (Å²) in [5, 5.41) is 5.38. The van der Waals surface area contributed by atoms with Crippen molar-refractivity contribution in [3.05, 3.63) is 59.4 Å². The summed E-state index contributed by atoms with van der Waals surface area (Å²) >= 11 is 0. The van der Waals surface area contributed by atoms with E-state index in [0.717, 1.165) is 37.3 Å². The molecule has 0 aliphatic carbocycles. The average molecular weight is 328 g/mol. The summed E-state index contributed by atoms with van der Waals surface area (Å²) in [6, 6.07) is 11.5. The van der Waals surface area contributed by atoms with Gasteiger partial charge in [-0.25, -0.2) is 9.18 Å². The van der Waals surface area contributed by atoms with Crippen molar-refractivity contribution >= 4 is 17.4 Å². The van der Waals surface area contributed by atoms with Gasteiger partial charge in [-0.15, -0.1) is 0 Å². The first kappa shape index (κ1) is 16.4. The topological polar surface area (TPSA) is 70.4 Å². The average Bonchev–Trinajstić information content (AvgIpc) is 2.57. The Morgan fingerprint density at radius 3 is 2.67 bits per heavy atom. The van der Waals surface area contributed by atoms with Crippen LogP contribution < -0.4 is 16.4 Å². The zero-order chi connectivity index (χ0) is 16.9. The first-order chi connectivity index (χ1) is 11.7. The van der Waals surface area contributed by atoms with Crippen LogP contribution in [0.15, 0.2) is 42.5 Å². The Labute approximate surface area is 140 Å². The number of carbonyl (C=O) groups excluding carboxylic acids is 1. The van der Waals surface area contributed by atoms with Crippen molar-refractivity contribution in [3.63, 3.8) is 0 Å². The van der Waals surface area contributed by atoms with Gasteiger partial charge in [0.15, 0.2) is 0 Å². The number of amides is 2. The van der Waals surface area contributed by atoms with Crippen molar-refractivity contribution in [2.24, 2.45) is 5.73 Å². The SMILES string of the molecule is NCCN1CCc2c(cccc2NC(=O)Nc2ccccc2F)C1. The predicted molar refractivity (Wildman–Crippen MR) is 93.5 cm³/mol. The fraction of sp³-hybridized carbons (Fsp3) is 0.278. The molecule has 0 fully saturated rings. The third-order valence-corrected chi connectivity index (χ3v) is 4.16. The molecule has 1 aliphatic rings. The fourth-order valence-corrected chi connectivity index (χ4v) is 3.00. The molecule has 0 bridgehead atoms. The number of urea groups is 1. The van der Waals surface area contributed by atoms with Crippen LogP contribution in [0, 0.1) is 5.82 Å². The highest BCUT2D eigenvalue weighted by Gasteiger charge is 2.19. The molecule has 0 atom stereocenters. The molecular formula is C18H21FN4O. The number of nitrogens with two attached hydrogens (primary N) is 1. The normalized spacial score (nSPS) is 14.1. The summed E-state index contributed by atoms with van der Waals surface area (Å²) in [5.74, 6) is -0.458. The van der Waals surface area contributed by atoms with Crippen molar-refractivity contribution < 1.29 is 9.18 Å². The number of para-hydroxylation sites is 1. The highest BCUT2D eigenvalue weighted by Crippen LogP contribution is 2.26. The lowest BCUT2D eigenvalue weighted by Crippen LogP contribution is -2.35. The smallest absolute Gasteiger partial charge is 0.323 e. The predicted octanol–water partition coefficient (Wildman–Crippen LogP) is 2.79. The molecule has 126 valence electrons. The van der Waals surface area contributed by atoms with Gasteiger partial charge in [-0.2, -0.15) is 0 Å². The van der Waals surface area contributed by atoms with Crippen LogP contribution >= 0.6 is 0 Å². The van der Waals surface area contributed by atoms with Crippen LogP contribution in [0.1, 0.15) is 11.1 Å². The van der Waals surface area contributed by atoms with Crippen LogP contribution in [0.3, 0.4) is 0 Å². The molecule has 4 N–H and O–H groups in total. The maximum absolute atomic E-state index is 13.6. The quantitative estimate of drug-likeness (QED) is 0.808. The minimum Gasteiger partial charge on any atom is -0.329 e. The Hall–Kier alpha value is -2.44. The number of hydrogen-bond donors (Lipinski definition) is 3. The molecule has 0 radical (unpaired) electrons. The number of nitrogens with one attached hydrogen (secondary N) is 2. The van der Waals surface area contributed by atoms with Gasteiger partial charge in [-0.1, -0.05) is 24.3 Å². The lowest BCUT2D eigenvalue weighted by molar-refractivity contribution is 0.260. The minimum atomic E-state index is -0.458. The molecule has 0 aromatic heterocycles. The zero-order valence-corrected chi connectivity index (χ0v) is 13.4. The van der Waals surface area contributed by atoms with Gasteiger partial charge in [0.2, 0.25) is 0 Å². The largest absolute Gasteiger partial charge is 0.329 e. The number of halogens is 1. The van der Waals surface area contributed by atoms with Crippen molar-refractivity contribution in [3.8, 4) is 0 Å². The molecule has 0 spiro atoms. The number of anilines is 2. The first-order valence-corrected chi connectivity index (χ1v) is 8.03. The lowest BCUT2D eigenvalue weighted by Gasteiger charge is -2.29. The van der Waals surface area contributed by atoms with Gasteiger partial charge in [-0.3, -0.25) is 4.90 Å². The van der Waals surface area contributed by atoms with E-state index in [-0.39, 0.29) is 5.69 Å². The van der Waals surface area contributed by atoms with E-state index in [1.807, 2.05) is 12.1 Å². The van der Waals surface area contributed by atoms with E-state index in [4.69, 9.17) is 5.73 Å². The Morgan fingerprint density at radius 1 is 1.12 bits per heavy atom. The molecule has 1 aliphatic heterocycles. The summed E-state index contributed by atoms with van der Waals surface area (Å²) in [7, 11) is 0. The summed E-state index contributed by atoms with van der Waals surface area (Å²) in [6.07, 6.45) is 0.853. The van der Waals surface area contributed by atoms with E-state index in [0.29, 0.717) is 6.54 Å². The van der Waals surface area contributed by atoms with Gasteiger partial charge in [0.05, 0.1) is 5.69 Å². The van der Waals surface area contributed by atoms with E-state index in [1.165, 1.54) is 17.7 Å². The molecule has 2 aromatic carbocycles. The van der Waals surface area contributed by atoms with E-state index < -0.39 is 11.8 Å². The van der Waals surface area contributed by atoms with Crippen LogP contribution in [0.5, 0.6) is 0 Å². The summed E-state index contributed by atoms with van der Waals surface area (Å²) in [4.78, 5) is 14.5. The first-order valence-electron chi connectivity index (χ1n) is 8.03. The molecular weight excluding hydrogens is 307 g/mol. The van der Waals surface area contributed by atoms with E-state index in [9.17, 15) is 9.18 Å². The van der Waals surface area contributed by atoms with Crippen molar-refractivity contribution in [2.75, 3.05) is 30.3 Å². The number of nitrogens with zero attached hydrogens (tertiary/aromatic N) is 1. The highest BCUT2D eigenvalue weighted by atomic mass is 19.1. The Kier molecular flexibility index (Phi) is 5.08. The van der Waals surface area contributed by atoms with Crippen LogP contribution in [-0.4, -0.2) is 30.6 Å². The van der Waals surface area contributed by atoms with Crippen LogP contribution in [0.25, 0.3) is 0 Å². The number of hydrogen-bond acceptors (Lipinski definition) is 3. The molecule has 6 heteroatoms. The van der Waals surface area contributed by atoms with Gasteiger partial charge in [-0.05, 0) is 35.7 Å². The second-order valence-corrected chi connectivity index (χ2v) is 5.82. The van der Waals surface area contributed by atoms with Crippen molar-refractivity contribution in [1.29, 1.82) is 0 Å². The maximum Gasteiger partial charge on any atom is 0.323 e. The number of benzene rings is 2. The Bertz CT molecular complexity index is 735. The molecule has 3 rings (SSSR count). The monoisotopic (exact) mass is 328 g/mol. The van der Waals surface area contributed by atoms with Crippen LogP contribution in [0.4, 0.5) is 20.6 Å². The molecule has 1 heterocycles. The highest BCUT2D eigenvalue weighted by molar-refractivity contribution is 6.00. The minimum absolute atomic E-state index is 0.161. The van der Waals surface area contributed by atoms with E-state index >= 15 is 0 Å². The van der Waals surface area contributed by atoms with E-state index in [2.05, 4.69) is 21.6 Å². The molecule has 5 nitrogen and oxygen atoms in total. The molecule has 2 amide bonds. The third kappa shape index (κ3) is 3.72. The van der Waals surface area contributed by atoms with Crippen molar-refractivity contribution in [2.45, 2.75) is 13.0 Å². The van der Waals surface area contributed by atoms with Gasteiger partial charge in [0.25, 0.3) is 0 Å². The third-order valence-electron chi connectivity index (χ3n) is 4.16. The van der Waals surface area contributed by atoms with E-state index in [1.54, 1.807) is 12.1 Å². The number of rotatable bonds is 4. The standard InChI is InChI=1S/C18H21FN4O/c19-15-5-1-2-6-17(15)22-18(24)21-16-7-3-4-13-12-23(11-9-20)10-8-14(13)16/h1-7H,8-12,20H2,(H2,21,22,24). The molecule has 0 unspecified atom stereocenters. The fourth-order valence-electron chi connectivity index (χ4n) is 3.00. The zero-order valence-electron chi connectivity index (χ0n) is 13.4.